The molecule has 0 saturated carbocycles. The van der Waals surface area contributed by atoms with Gasteiger partial charge in [-0.2, -0.15) is 22.0 Å². The van der Waals surface area contributed by atoms with Crippen molar-refractivity contribution in [1.82, 2.24) is 10.1 Å². The second kappa shape index (κ2) is 5.08. The van der Waals surface area contributed by atoms with E-state index < -0.39 is 44.1 Å². The van der Waals surface area contributed by atoms with Crippen molar-refractivity contribution in [2.24, 2.45) is 0 Å². The standard InChI is InChI=1S/C4H3F9N2O2S/c5-2(1-3(6,7)8)4(9,10)18(16,17)15(13)14(11)12/h2H,1H2. The van der Waals surface area contributed by atoms with Crippen LogP contribution in [-0.4, -0.2) is 36.1 Å². The highest BCUT2D eigenvalue weighted by molar-refractivity contribution is 7.90. The van der Waals surface area contributed by atoms with Gasteiger partial charge in [-0.3, -0.25) is 0 Å². The van der Waals surface area contributed by atoms with Crippen LogP contribution in [0.3, 0.4) is 0 Å². The number of nitrogens with zero attached hydrogens (tertiary/aromatic N) is 2. The van der Waals surface area contributed by atoms with Gasteiger partial charge >= 0.3 is 21.5 Å². The van der Waals surface area contributed by atoms with Gasteiger partial charge < -0.3 is 0 Å². The molecule has 0 heterocycles. The van der Waals surface area contributed by atoms with Gasteiger partial charge in [-0.05, 0) is 0 Å². The maximum Gasteiger partial charge on any atom is 0.393 e. The molecule has 4 nitrogen and oxygen atoms in total. The molecule has 0 aliphatic heterocycles. The van der Waals surface area contributed by atoms with Crippen molar-refractivity contribution in [3.63, 3.8) is 0 Å². The Hall–Kier alpha value is -0.760. The smallest absolute Gasteiger partial charge is 0.239 e. The average molecular weight is 314 g/mol. The Morgan fingerprint density at radius 2 is 1.39 bits per heavy atom. The molecule has 0 spiro atoms. The molecule has 0 rings (SSSR count). The molecule has 18 heavy (non-hydrogen) atoms. The van der Waals surface area contributed by atoms with Gasteiger partial charge in [0, 0.05) is 0 Å². The zero-order valence-corrected chi connectivity index (χ0v) is 8.62. The highest BCUT2D eigenvalue weighted by atomic mass is 32.2. The zero-order valence-electron chi connectivity index (χ0n) is 7.81. The van der Waals surface area contributed by atoms with Gasteiger partial charge in [-0.25, -0.2) is 12.8 Å². The van der Waals surface area contributed by atoms with E-state index in [0.717, 1.165) is 0 Å². The summed E-state index contributed by atoms with van der Waals surface area (Å²) in [6.07, 6.45) is -12.9. The predicted octanol–water partition coefficient (Wildman–Crippen LogP) is 2.37. The Kier molecular flexibility index (Phi) is 4.87. The van der Waals surface area contributed by atoms with Crippen molar-refractivity contribution in [3.05, 3.63) is 0 Å². The van der Waals surface area contributed by atoms with Crippen LogP contribution in [0.25, 0.3) is 0 Å². The van der Waals surface area contributed by atoms with Crippen molar-refractivity contribution < 1.29 is 48.2 Å². The number of hydrogen-bond donors (Lipinski definition) is 0. The van der Waals surface area contributed by atoms with E-state index in [9.17, 15) is 48.2 Å². The number of alkyl halides is 6. The van der Waals surface area contributed by atoms with E-state index in [1.165, 1.54) is 0 Å². The van der Waals surface area contributed by atoms with Crippen LogP contribution in [0.15, 0.2) is 0 Å². The van der Waals surface area contributed by atoms with E-state index in [1.54, 1.807) is 0 Å². The minimum absolute atomic E-state index is 2.87. The Balaban J connectivity index is 5.25. The molecule has 1 unspecified atom stereocenters. The van der Waals surface area contributed by atoms with Crippen molar-refractivity contribution >= 4 is 10.0 Å². The summed E-state index contributed by atoms with van der Waals surface area (Å²) in [5, 5.41) is -6.02. The average Bonchev–Trinajstić information content (AvgIpc) is 2.13. The molecule has 0 amide bonds. The molecule has 0 fully saturated rings. The molecule has 14 heteroatoms. The second-order valence-corrected chi connectivity index (χ2v) is 4.56. The molecule has 0 aliphatic carbocycles. The quantitative estimate of drug-likeness (QED) is 0.444. The summed E-state index contributed by atoms with van der Waals surface area (Å²) in [6.45, 7) is 0. The van der Waals surface area contributed by atoms with Gasteiger partial charge in [0.2, 0.25) is 0 Å². The summed E-state index contributed by atoms with van der Waals surface area (Å²) >= 11 is 0. The maximum atomic E-state index is 12.6. The Morgan fingerprint density at radius 1 is 1.00 bits per heavy atom. The number of rotatable bonds is 5. The number of halogens is 9. The fraction of sp³-hybridized carbons (Fsp3) is 1.00. The van der Waals surface area contributed by atoms with Crippen molar-refractivity contribution in [2.75, 3.05) is 0 Å². The minimum Gasteiger partial charge on any atom is -0.239 e. The van der Waals surface area contributed by atoms with E-state index in [1.807, 2.05) is 0 Å². The molecule has 0 radical (unpaired) electrons. The lowest BCUT2D eigenvalue weighted by atomic mass is 10.3. The summed E-state index contributed by atoms with van der Waals surface area (Å²) in [7, 11) is -6.98. The van der Waals surface area contributed by atoms with Crippen molar-refractivity contribution in [2.45, 2.75) is 24.0 Å². The molecule has 0 aromatic heterocycles. The van der Waals surface area contributed by atoms with Crippen LogP contribution in [0, 0.1) is 0 Å². The Labute approximate surface area is 93.4 Å². The fourth-order valence-corrected chi connectivity index (χ4v) is 1.44. The fourth-order valence-electron chi connectivity index (χ4n) is 0.665. The lowest BCUT2D eigenvalue weighted by molar-refractivity contribution is -0.325. The van der Waals surface area contributed by atoms with Gasteiger partial charge in [0.1, 0.15) is 10.1 Å². The summed E-state index contributed by atoms with van der Waals surface area (Å²) in [5.74, 6) is 0. The highest BCUT2D eigenvalue weighted by Gasteiger charge is 2.61. The lowest BCUT2D eigenvalue weighted by Crippen LogP contribution is -2.48. The summed E-state index contributed by atoms with van der Waals surface area (Å²) in [5.41, 5.74) is -3.00. The summed E-state index contributed by atoms with van der Waals surface area (Å²) in [6, 6.07) is 0. The van der Waals surface area contributed by atoms with Crippen LogP contribution in [0.2, 0.25) is 0 Å². The molecule has 1 atom stereocenters. The van der Waals surface area contributed by atoms with E-state index in [4.69, 9.17) is 0 Å². The number of sulfonamides is 1. The first-order valence-electron chi connectivity index (χ1n) is 3.64. The van der Waals surface area contributed by atoms with E-state index in [2.05, 4.69) is 0 Å². The Bertz CT molecular complexity index is 379. The van der Waals surface area contributed by atoms with Gasteiger partial charge in [0.05, 0.1) is 6.42 Å². The van der Waals surface area contributed by atoms with Gasteiger partial charge in [0.25, 0.3) is 0 Å². The SMILES string of the molecule is O=S(=O)(N(F)N(F)F)C(F)(F)C(F)CC(F)(F)F. The molecular formula is C4H3F9N2O2S. The zero-order chi connectivity index (χ0) is 14.9. The first kappa shape index (κ1) is 17.2. The molecule has 0 aliphatic rings. The van der Waals surface area contributed by atoms with Crippen LogP contribution in [0.5, 0.6) is 0 Å². The van der Waals surface area contributed by atoms with Crippen LogP contribution in [0.4, 0.5) is 39.8 Å². The minimum atomic E-state index is -6.98. The lowest BCUT2D eigenvalue weighted by Gasteiger charge is -2.23. The third kappa shape index (κ3) is 3.61. The monoisotopic (exact) mass is 314 g/mol. The van der Waals surface area contributed by atoms with Gasteiger partial charge in [-0.1, -0.05) is 13.4 Å². The highest BCUT2D eigenvalue weighted by Crippen LogP contribution is 2.37. The largest absolute Gasteiger partial charge is 0.393 e. The molecule has 0 bridgehead atoms. The van der Waals surface area contributed by atoms with E-state index in [-0.39, 0.29) is 0 Å². The van der Waals surface area contributed by atoms with Crippen molar-refractivity contribution in [1.29, 1.82) is 0 Å². The summed E-state index contributed by atoms with van der Waals surface area (Å²) < 4.78 is 125. The molecule has 110 valence electrons. The molecule has 0 saturated heterocycles. The first-order valence-corrected chi connectivity index (χ1v) is 5.08. The predicted molar refractivity (Wildman–Crippen MR) is 36.4 cm³/mol. The molecular weight excluding hydrogens is 311 g/mol. The number of hydrazine groups is 1. The van der Waals surface area contributed by atoms with E-state index >= 15 is 0 Å². The third-order valence-corrected chi connectivity index (χ3v) is 2.90. The molecule has 0 aromatic rings. The van der Waals surface area contributed by atoms with Crippen molar-refractivity contribution in [3.8, 4) is 0 Å². The van der Waals surface area contributed by atoms with Crippen LogP contribution < -0.4 is 0 Å². The maximum absolute atomic E-state index is 12.6. The first-order chi connectivity index (χ1) is 7.73. The molecule has 0 N–H and O–H groups in total. The topological polar surface area (TPSA) is 40.6 Å². The van der Waals surface area contributed by atoms with Crippen LogP contribution in [0.1, 0.15) is 6.42 Å². The van der Waals surface area contributed by atoms with Gasteiger partial charge in [0.15, 0.2) is 6.17 Å². The third-order valence-electron chi connectivity index (χ3n) is 1.44. The van der Waals surface area contributed by atoms with Gasteiger partial charge in [-0.15, -0.1) is 0 Å². The Morgan fingerprint density at radius 3 is 1.67 bits per heavy atom. The molecule has 0 aromatic carbocycles. The normalized spacial score (nSPS) is 16.4. The van der Waals surface area contributed by atoms with Crippen LogP contribution in [-0.2, 0) is 10.0 Å². The van der Waals surface area contributed by atoms with Crippen LogP contribution >= 0.6 is 0 Å². The van der Waals surface area contributed by atoms with E-state index in [0.29, 0.717) is 0 Å². The number of hydrogen-bond acceptors (Lipinski definition) is 3. The summed E-state index contributed by atoms with van der Waals surface area (Å²) in [4.78, 5) is 0. The second-order valence-electron chi connectivity index (χ2n) is 2.77.